The molecule has 0 saturated carbocycles. The second-order valence-corrected chi connectivity index (χ2v) is 3.36. The molecule has 0 spiro atoms. The topological polar surface area (TPSA) is 116 Å². The number of hydrogen-bond acceptors (Lipinski definition) is 4. The Morgan fingerprint density at radius 1 is 1.50 bits per heavy atom. The van der Waals surface area contributed by atoms with Crippen molar-refractivity contribution in [2.45, 2.75) is 13.3 Å². The molecule has 1 rings (SSSR count). The van der Waals surface area contributed by atoms with Gasteiger partial charge < -0.3 is 10.2 Å². The van der Waals surface area contributed by atoms with Crippen molar-refractivity contribution in [3.05, 3.63) is 23.8 Å². The van der Waals surface area contributed by atoms with E-state index in [0.717, 1.165) is 6.08 Å². The Morgan fingerprint density at radius 3 is 2.38 bits per heavy atom. The van der Waals surface area contributed by atoms with Crippen LogP contribution in [-0.4, -0.2) is 28.2 Å². The van der Waals surface area contributed by atoms with Crippen LogP contribution < -0.4 is 0 Å². The highest BCUT2D eigenvalue weighted by molar-refractivity contribution is 5.90. The minimum Gasteiger partial charge on any atom is -0.481 e. The van der Waals surface area contributed by atoms with Crippen LogP contribution in [0.25, 0.3) is 0 Å². The molecule has 0 aromatic rings. The first kappa shape index (κ1) is 13.8. The smallest absolute Gasteiger partial charge is 0.331 e. The SMILES string of the molecule is CC1(C(=O)O)C=CC=C(C(=O)O)C1.N=C=O. The van der Waals surface area contributed by atoms with Crippen molar-refractivity contribution in [3.8, 4) is 0 Å². The third-order valence-corrected chi connectivity index (χ3v) is 2.08. The van der Waals surface area contributed by atoms with Gasteiger partial charge in [-0.15, -0.1) is 0 Å². The van der Waals surface area contributed by atoms with Gasteiger partial charge in [0.2, 0.25) is 6.08 Å². The van der Waals surface area contributed by atoms with Crippen molar-refractivity contribution in [1.82, 2.24) is 0 Å². The van der Waals surface area contributed by atoms with Crippen molar-refractivity contribution in [2.75, 3.05) is 0 Å². The maximum atomic E-state index is 10.8. The molecular formula is C10H11NO5. The average molecular weight is 225 g/mol. The molecule has 1 unspecified atom stereocenters. The Morgan fingerprint density at radius 2 is 2.00 bits per heavy atom. The molecule has 0 radical (unpaired) electrons. The van der Waals surface area contributed by atoms with E-state index in [4.69, 9.17) is 20.4 Å². The van der Waals surface area contributed by atoms with E-state index in [0.29, 0.717) is 0 Å². The number of carboxylic acid groups (broad SMARTS) is 2. The fourth-order valence-electron chi connectivity index (χ4n) is 1.18. The van der Waals surface area contributed by atoms with Crippen LogP contribution in [0.4, 0.5) is 0 Å². The van der Waals surface area contributed by atoms with Crippen molar-refractivity contribution in [1.29, 1.82) is 5.41 Å². The van der Waals surface area contributed by atoms with Gasteiger partial charge in [0, 0.05) is 5.57 Å². The van der Waals surface area contributed by atoms with Crippen LogP contribution in [0.15, 0.2) is 23.8 Å². The molecule has 16 heavy (non-hydrogen) atoms. The van der Waals surface area contributed by atoms with Crippen molar-refractivity contribution < 1.29 is 24.6 Å². The number of carbonyl (C=O) groups excluding carboxylic acids is 1. The zero-order valence-electron chi connectivity index (χ0n) is 8.56. The molecule has 1 aliphatic rings. The molecule has 0 heterocycles. The number of allylic oxidation sites excluding steroid dienone is 2. The third kappa shape index (κ3) is 3.51. The summed E-state index contributed by atoms with van der Waals surface area (Å²) in [6.45, 7) is 1.50. The maximum absolute atomic E-state index is 10.8. The number of hydrogen-bond donors (Lipinski definition) is 3. The predicted octanol–water partition coefficient (Wildman–Crippen LogP) is 0.949. The summed E-state index contributed by atoms with van der Waals surface area (Å²) in [4.78, 5) is 29.7. The van der Waals surface area contributed by atoms with Crippen LogP contribution in [0.3, 0.4) is 0 Å². The summed E-state index contributed by atoms with van der Waals surface area (Å²) in [6, 6.07) is 0. The molecule has 86 valence electrons. The Balaban J connectivity index is 0.000000673. The van der Waals surface area contributed by atoms with Gasteiger partial charge in [0.25, 0.3) is 0 Å². The van der Waals surface area contributed by atoms with Gasteiger partial charge in [0.15, 0.2) is 0 Å². The predicted molar refractivity (Wildman–Crippen MR) is 53.6 cm³/mol. The number of isocyanates is 1. The second-order valence-electron chi connectivity index (χ2n) is 3.36. The van der Waals surface area contributed by atoms with E-state index in [9.17, 15) is 9.59 Å². The van der Waals surface area contributed by atoms with E-state index in [1.54, 1.807) is 0 Å². The van der Waals surface area contributed by atoms with Gasteiger partial charge in [-0.05, 0) is 13.3 Å². The lowest BCUT2D eigenvalue weighted by atomic mass is 9.80. The Bertz CT molecular complexity index is 390. The quantitative estimate of drug-likeness (QED) is 0.478. The van der Waals surface area contributed by atoms with Gasteiger partial charge in [-0.1, -0.05) is 18.2 Å². The van der Waals surface area contributed by atoms with Gasteiger partial charge in [-0.2, -0.15) is 0 Å². The largest absolute Gasteiger partial charge is 0.481 e. The third-order valence-electron chi connectivity index (χ3n) is 2.08. The number of carbonyl (C=O) groups is 2. The standard InChI is InChI=1S/C9H10O4.CHNO/c1-9(8(12)13)4-2-3-6(5-9)7(10)11;2-1-3/h2-4H,5H2,1H3,(H,10,11)(H,12,13);2H. The minimum absolute atomic E-state index is 0.0359. The highest BCUT2D eigenvalue weighted by Crippen LogP contribution is 2.31. The van der Waals surface area contributed by atoms with E-state index in [-0.39, 0.29) is 12.0 Å². The first-order chi connectivity index (χ1) is 7.37. The molecular weight excluding hydrogens is 214 g/mol. The molecule has 0 saturated heterocycles. The molecule has 0 aromatic heterocycles. The molecule has 0 bridgehead atoms. The molecule has 6 heteroatoms. The van der Waals surface area contributed by atoms with Crippen LogP contribution in [0.5, 0.6) is 0 Å². The molecule has 1 aliphatic carbocycles. The van der Waals surface area contributed by atoms with Crippen molar-refractivity contribution in [2.24, 2.45) is 5.41 Å². The summed E-state index contributed by atoms with van der Waals surface area (Å²) >= 11 is 0. The van der Waals surface area contributed by atoms with Gasteiger partial charge in [0.1, 0.15) is 0 Å². The minimum atomic E-state index is -1.08. The van der Waals surface area contributed by atoms with Crippen molar-refractivity contribution >= 4 is 18.0 Å². The van der Waals surface area contributed by atoms with Crippen LogP contribution >= 0.6 is 0 Å². The number of rotatable bonds is 2. The monoisotopic (exact) mass is 225 g/mol. The van der Waals surface area contributed by atoms with Gasteiger partial charge in [0.05, 0.1) is 5.41 Å². The van der Waals surface area contributed by atoms with Crippen LogP contribution in [-0.2, 0) is 14.4 Å². The van der Waals surface area contributed by atoms with E-state index >= 15 is 0 Å². The highest BCUT2D eigenvalue weighted by Gasteiger charge is 2.34. The molecule has 3 N–H and O–H groups in total. The van der Waals surface area contributed by atoms with Crippen LogP contribution in [0, 0.1) is 10.8 Å². The first-order valence-electron chi connectivity index (χ1n) is 4.26. The van der Waals surface area contributed by atoms with E-state index in [1.165, 1.54) is 25.2 Å². The molecule has 0 aromatic carbocycles. The summed E-state index contributed by atoms with van der Waals surface area (Å²) in [5.41, 5.74) is -0.949. The number of aliphatic carboxylic acids is 2. The first-order valence-corrected chi connectivity index (χ1v) is 4.26. The zero-order chi connectivity index (χ0) is 12.8. The fourth-order valence-corrected chi connectivity index (χ4v) is 1.18. The summed E-state index contributed by atoms with van der Waals surface area (Å²) in [5.74, 6) is -2.06. The lowest BCUT2D eigenvalue weighted by Crippen LogP contribution is -2.28. The van der Waals surface area contributed by atoms with E-state index < -0.39 is 17.4 Å². The highest BCUT2D eigenvalue weighted by atomic mass is 16.4. The fraction of sp³-hybridized carbons (Fsp3) is 0.300. The number of carboxylic acids is 2. The zero-order valence-corrected chi connectivity index (χ0v) is 8.56. The Hall–Kier alpha value is -2.20. The van der Waals surface area contributed by atoms with E-state index in [1.807, 2.05) is 0 Å². The molecule has 0 fully saturated rings. The number of nitrogens with one attached hydrogen (secondary N) is 1. The van der Waals surface area contributed by atoms with Gasteiger partial charge in [-0.3, -0.25) is 4.79 Å². The average Bonchev–Trinajstić information content (AvgIpc) is 2.18. The Kier molecular flexibility index (Phi) is 4.85. The molecule has 0 amide bonds. The maximum Gasteiger partial charge on any atom is 0.331 e. The van der Waals surface area contributed by atoms with Gasteiger partial charge in [-0.25, -0.2) is 15.0 Å². The van der Waals surface area contributed by atoms with Crippen molar-refractivity contribution in [3.63, 3.8) is 0 Å². The van der Waals surface area contributed by atoms with Gasteiger partial charge >= 0.3 is 11.9 Å². The molecule has 6 nitrogen and oxygen atoms in total. The molecule has 0 aliphatic heterocycles. The summed E-state index contributed by atoms with van der Waals surface area (Å²) < 4.78 is 0. The second kappa shape index (κ2) is 5.63. The normalized spacial score (nSPS) is 22.2. The Labute approximate surface area is 91.4 Å². The molecule has 1 atom stereocenters. The van der Waals surface area contributed by atoms with Crippen LogP contribution in [0.1, 0.15) is 13.3 Å². The summed E-state index contributed by atoms with van der Waals surface area (Å²) in [5, 5.41) is 22.9. The lowest BCUT2D eigenvalue weighted by Gasteiger charge is -2.23. The summed E-state index contributed by atoms with van der Waals surface area (Å²) in [7, 11) is 0. The lowest BCUT2D eigenvalue weighted by molar-refractivity contribution is -0.145. The van der Waals surface area contributed by atoms with E-state index in [2.05, 4.69) is 0 Å². The van der Waals surface area contributed by atoms with Crippen LogP contribution in [0.2, 0.25) is 0 Å². The summed E-state index contributed by atoms with van der Waals surface area (Å²) in [6.07, 6.45) is 5.18.